The molecule has 2 amide bonds. The topological polar surface area (TPSA) is 87.2 Å². The minimum Gasteiger partial charge on any atom is -0.507 e. The number of rotatable bonds is 5. The van der Waals surface area contributed by atoms with E-state index in [2.05, 4.69) is 0 Å². The van der Waals surface area contributed by atoms with Crippen LogP contribution in [0.2, 0.25) is 0 Å². The second-order valence-corrected chi connectivity index (χ2v) is 9.15. The number of amides is 2. The first-order valence-corrected chi connectivity index (χ1v) is 11.8. The molecule has 3 aliphatic rings. The lowest BCUT2D eigenvalue weighted by Gasteiger charge is -2.35. The SMILES string of the molecule is CCCN1C(=O)[C@@]2(C(=C(O)c3ccc(C)cc3)C(=O)C(=O)N2C[C@H]2CCCO2)c2ccccc21. The Balaban J connectivity index is 1.79. The lowest BCUT2D eigenvalue weighted by molar-refractivity contribution is -0.145. The van der Waals surface area contributed by atoms with E-state index in [-0.39, 0.29) is 29.9 Å². The van der Waals surface area contributed by atoms with Crippen LogP contribution in [-0.4, -0.2) is 53.4 Å². The van der Waals surface area contributed by atoms with Gasteiger partial charge in [0, 0.05) is 30.8 Å². The van der Waals surface area contributed by atoms with Gasteiger partial charge in [0.1, 0.15) is 5.76 Å². The first kappa shape index (κ1) is 22.3. The minimum absolute atomic E-state index is 0.106. The summed E-state index contributed by atoms with van der Waals surface area (Å²) in [7, 11) is 0. The first-order chi connectivity index (χ1) is 16.4. The maximum atomic E-state index is 14.2. The summed E-state index contributed by atoms with van der Waals surface area (Å²) >= 11 is 0. The average molecular weight is 461 g/mol. The van der Waals surface area contributed by atoms with E-state index in [1.807, 2.05) is 38.1 Å². The zero-order valence-electron chi connectivity index (χ0n) is 19.4. The molecule has 0 radical (unpaired) electrons. The number of aryl methyl sites for hydroxylation is 1. The second kappa shape index (κ2) is 8.40. The van der Waals surface area contributed by atoms with Crippen molar-refractivity contribution in [3.05, 3.63) is 70.8 Å². The minimum atomic E-state index is -1.72. The van der Waals surface area contributed by atoms with Gasteiger partial charge in [0.25, 0.3) is 17.6 Å². The number of ketones is 1. The summed E-state index contributed by atoms with van der Waals surface area (Å²) < 4.78 is 5.78. The Morgan fingerprint density at radius 1 is 1.12 bits per heavy atom. The van der Waals surface area contributed by atoms with Crippen LogP contribution in [0.4, 0.5) is 5.69 Å². The van der Waals surface area contributed by atoms with Gasteiger partial charge in [0.2, 0.25) is 0 Å². The Morgan fingerprint density at radius 2 is 1.85 bits per heavy atom. The van der Waals surface area contributed by atoms with Gasteiger partial charge < -0.3 is 19.6 Å². The molecule has 3 heterocycles. The number of hydrogen-bond donors (Lipinski definition) is 1. The van der Waals surface area contributed by atoms with Crippen LogP contribution < -0.4 is 4.90 Å². The molecule has 34 heavy (non-hydrogen) atoms. The maximum Gasteiger partial charge on any atom is 0.296 e. The monoisotopic (exact) mass is 460 g/mol. The van der Waals surface area contributed by atoms with E-state index < -0.39 is 17.2 Å². The zero-order chi connectivity index (χ0) is 24.0. The number of benzene rings is 2. The summed E-state index contributed by atoms with van der Waals surface area (Å²) in [5.41, 5.74) is 0.680. The number of nitrogens with zero attached hydrogens (tertiary/aromatic N) is 2. The van der Waals surface area contributed by atoms with Gasteiger partial charge in [-0.2, -0.15) is 0 Å². The third-order valence-electron chi connectivity index (χ3n) is 6.99. The van der Waals surface area contributed by atoms with Gasteiger partial charge in [-0.3, -0.25) is 14.4 Å². The molecule has 0 aliphatic carbocycles. The molecule has 3 aliphatic heterocycles. The highest BCUT2D eigenvalue weighted by Crippen LogP contribution is 2.53. The molecule has 0 aromatic heterocycles. The smallest absolute Gasteiger partial charge is 0.296 e. The van der Waals surface area contributed by atoms with Crippen LogP contribution in [-0.2, 0) is 24.7 Å². The number of carbonyl (C=O) groups is 3. The van der Waals surface area contributed by atoms with E-state index in [9.17, 15) is 19.5 Å². The summed E-state index contributed by atoms with van der Waals surface area (Å²) in [6, 6.07) is 14.3. The van der Waals surface area contributed by atoms with E-state index in [1.165, 1.54) is 4.90 Å². The fourth-order valence-electron chi connectivity index (χ4n) is 5.41. The molecule has 2 aromatic rings. The lowest BCUT2D eigenvalue weighted by Crippen LogP contribution is -2.53. The molecule has 176 valence electrons. The van der Waals surface area contributed by atoms with Crippen LogP contribution >= 0.6 is 0 Å². The molecule has 1 N–H and O–H groups in total. The fraction of sp³-hybridized carbons (Fsp3) is 0.370. The Hall–Kier alpha value is -3.45. The lowest BCUT2D eigenvalue weighted by atomic mass is 9.81. The molecule has 2 saturated heterocycles. The summed E-state index contributed by atoms with van der Waals surface area (Å²) in [4.78, 5) is 44.2. The Bertz CT molecular complexity index is 1200. The van der Waals surface area contributed by atoms with Crippen molar-refractivity contribution >= 4 is 29.0 Å². The Labute approximate surface area is 198 Å². The summed E-state index contributed by atoms with van der Waals surface area (Å²) in [5, 5.41) is 11.4. The molecular formula is C27H28N2O5. The quantitative estimate of drug-likeness (QED) is 0.419. The van der Waals surface area contributed by atoms with Gasteiger partial charge in [-0.15, -0.1) is 0 Å². The van der Waals surface area contributed by atoms with Gasteiger partial charge in [0.05, 0.1) is 17.4 Å². The molecule has 1 spiro atoms. The van der Waals surface area contributed by atoms with Crippen molar-refractivity contribution in [3.8, 4) is 0 Å². The number of anilines is 1. The molecular weight excluding hydrogens is 432 g/mol. The number of hydrogen-bond acceptors (Lipinski definition) is 5. The predicted molar refractivity (Wildman–Crippen MR) is 127 cm³/mol. The number of para-hydroxylation sites is 1. The number of Topliss-reactive ketones (excluding diaryl/α,β-unsaturated/α-hetero) is 1. The Morgan fingerprint density at radius 3 is 2.53 bits per heavy atom. The third-order valence-corrected chi connectivity index (χ3v) is 6.99. The van der Waals surface area contributed by atoms with E-state index in [4.69, 9.17) is 4.74 Å². The van der Waals surface area contributed by atoms with Crippen molar-refractivity contribution in [2.45, 2.75) is 44.8 Å². The van der Waals surface area contributed by atoms with Crippen molar-refractivity contribution in [1.29, 1.82) is 0 Å². The van der Waals surface area contributed by atoms with Crippen molar-refractivity contribution in [2.24, 2.45) is 0 Å². The highest BCUT2D eigenvalue weighted by atomic mass is 16.5. The van der Waals surface area contributed by atoms with Crippen LogP contribution in [0.15, 0.2) is 54.1 Å². The van der Waals surface area contributed by atoms with Crippen molar-refractivity contribution in [1.82, 2.24) is 4.90 Å². The van der Waals surface area contributed by atoms with Crippen molar-refractivity contribution in [2.75, 3.05) is 24.6 Å². The zero-order valence-corrected chi connectivity index (χ0v) is 19.4. The molecule has 0 bridgehead atoms. The third kappa shape index (κ3) is 3.10. The van der Waals surface area contributed by atoms with E-state index in [1.54, 1.807) is 29.2 Å². The number of ether oxygens (including phenoxy) is 1. The normalized spacial score (nSPS) is 25.6. The van der Waals surface area contributed by atoms with Crippen LogP contribution in [0.5, 0.6) is 0 Å². The molecule has 2 fully saturated rings. The van der Waals surface area contributed by atoms with Crippen molar-refractivity contribution < 1.29 is 24.2 Å². The van der Waals surface area contributed by atoms with E-state index in [0.29, 0.717) is 36.4 Å². The van der Waals surface area contributed by atoms with E-state index >= 15 is 0 Å². The number of aliphatic hydroxyl groups is 1. The summed E-state index contributed by atoms with van der Waals surface area (Å²) in [5.74, 6) is -2.36. The number of fused-ring (bicyclic) bond motifs is 2. The van der Waals surface area contributed by atoms with Gasteiger partial charge in [0.15, 0.2) is 5.54 Å². The predicted octanol–water partition coefficient (Wildman–Crippen LogP) is 3.51. The van der Waals surface area contributed by atoms with Gasteiger partial charge in [-0.05, 0) is 32.3 Å². The highest BCUT2D eigenvalue weighted by molar-refractivity contribution is 6.50. The number of likely N-dealkylation sites (tertiary alicyclic amines) is 1. The number of carbonyl (C=O) groups excluding carboxylic acids is 3. The number of aliphatic hydroxyl groups excluding tert-OH is 1. The van der Waals surface area contributed by atoms with Crippen molar-refractivity contribution in [3.63, 3.8) is 0 Å². The highest BCUT2D eigenvalue weighted by Gasteiger charge is 2.67. The molecule has 2 aromatic carbocycles. The summed E-state index contributed by atoms with van der Waals surface area (Å²) in [6.07, 6.45) is 2.03. The fourth-order valence-corrected chi connectivity index (χ4v) is 5.41. The van der Waals surface area contributed by atoms with Gasteiger partial charge in [-0.1, -0.05) is 55.0 Å². The maximum absolute atomic E-state index is 14.2. The summed E-state index contributed by atoms with van der Waals surface area (Å²) in [6.45, 7) is 5.01. The molecule has 0 saturated carbocycles. The van der Waals surface area contributed by atoms with Crippen LogP contribution in [0.3, 0.4) is 0 Å². The molecule has 2 atom stereocenters. The average Bonchev–Trinajstić information content (AvgIpc) is 3.49. The standard InChI is InChI=1S/C27H28N2O5/c1-3-14-28-21-9-5-4-8-20(21)27(26(28)33)22(23(30)18-12-10-17(2)11-13-18)24(31)25(32)29(27)16-19-7-6-15-34-19/h4-5,8-13,19,30H,3,6-7,14-16H2,1-2H3/t19-,27+/m1/s1. The van der Waals surface area contributed by atoms with Crippen LogP contribution in [0, 0.1) is 6.92 Å². The molecule has 7 heteroatoms. The molecule has 0 unspecified atom stereocenters. The first-order valence-electron chi connectivity index (χ1n) is 11.8. The van der Waals surface area contributed by atoms with Crippen LogP contribution in [0.1, 0.15) is 42.9 Å². The Kier molecular flexibility index (Phi) is 5.52. The van der Waals surface area contributed by atoms with Gasteiger partial charge >= 0.3 is 0 Å². The molecule has 7 nitrogen and oxygen atoms in total. The van der Waals surface area contributed by atoms with Gasteiger partial charge in [-0.25, -0.2) is 0 Å². The molecule has 5 rings (SSSR count). The second-order valence-electron chi connectivity index (χ2n) is 9.15. The van der Waals surface area contributed by atoms with E-state index in [0.717, 1.165) is 18.4 Å². The van der Waals surface area contributed by atoms with Crippen LogP contribution in [0.25, 0.3) is 5.76 Å². The largest absolute Gasteiger partial charge is 0.507 e.